The lowest BCUT2D eigenvalue weighted by Gasteiger charge is -2.24. The van der Waals surface area contributed by atoms with Crippen molar-refractivity contribution in [3.05, 3.63) is 35.4 Å². The van der Waals surface area contributed by atoms with Gasteiger partial charge >= 0.3 is 0 Å². The molecule has 0 saturated carbocycles. The number of nitriles is 1. The monoisotopic (exact) mass is 241 g/mol. The lowest BCUT2D eigenvalue weighted by molar-refractivity contribution is 0.312. The highest BCUT2D eigenvalue weighted by molar-refractivity contribution is 5.32. The molecule has 0 amide bonds. The number of hydrogen-bond donors (Lipinski definition) is 1. The zero-order valence-electron chi connectivity index (χ0n) is 10.6. The topological polar surface area (TPSA) is 39.1 Å². The van der Waals surface area contributed by atoms with Crippen LogP contribution in [0.25, 0.3) is 0 Å². The molecule has 3 rings (SSSR count). The maximum Gasteiger partial charge on any atom is 0.0991 e. The van der Waals surface area contributed by atoms with E-state index < -0.39 is 0 Å². The zero-order chi connectivity index (χ0) is 12.4. The number of nitrogens with one attached hydrogen (secondary N) is 1. The third kappa shape index (κ3) is 2.40. The van der Waals surface area contributed by atoms with E-state index in [1.54, 1.807) is 0 Å². The molecule has 2 saturated heterocycles. The van der Waals surface area contributed by atoms with Gasteiger partial charge in [0.1, 0.15) is 0 Å². The summed E-state index contributed by atoms with van der Waals surface area (Å²) in [5.41, 5.74) is 2.02. The van der Waals surface area contributed by atoms with Crippen LogP contribution in [0.3, 0.4) is 0 Å². The lowest BCUT2D eigenvalue weighted by Crippen LogP contribution is -2.40. The normalized spacial score (nSPS) is 27.7. The fraction of sp³-hybridized carbons (Fsp3) is 0.533. The van der Waals surface area contributed by atoms with Crippen LogP contribution < -0.4 is 5.32 Å². The Morgan fingerprint density at radius 3 is 3.17 bits per heavy atom. The molecule has 1 N–H and O–H groups in total. The van der Waals surface area contributed by atoms with E-state index >= 15 is 0 Å². The summed E-state index contributed by atoms with van der Waals surface area (Å²) in [5, 5.41) is 12.5. The minimum Gasteiger partial charge on any atom is -0.312 e. The van der Waals surface area contributed by atoms with E-state index in [9.17, 15) is 0 Å². The van der Waals surface area contributed by atoms with Crippen LogP contribution in [0, 0.1) is 17.2 Å². The summed E-state index contributed by atoms with van der Waals surface area (Å²) in [6.45, 7) is 4.51. The molecular formula is C15H19N3. The highest BCUT2D eigenvalue weighted by atomic mass is 15.2. The van der Waals surface area contributed by atoms with Crippen LogP contribution in [0.2, 0.25) is 0 Å². The van der Waals surface area contributed by atoms with Gasteiger partial charge in [0.15, 0.2) is 0 Å². The minimum absolute atomic E-state index is 0.692. The quantitative estimate of drug-likeness (QED) is 0.857. The molecule has 1 aromatic rings. The summed E-state index contributed by atoms with van der Waals surface area (Å²) in [7, 11) is 0. The lowest BCUT2D eigenvalue weighted by atomic mass is 9.94. The fourth-order valence-electron chi connectivity index (χ4n) is 3.26. The predicted molar refractivity (Wildman–Crippen MR) is 70.9 cm³/mol. The molecule has 2 fully saturated rings. The Balaban J connectivity index is 1.65. The van der Waals surface area contributed by atoms with Gasteiger partial charge in [0.2, 0.25) is 0 Å². The first kappa shape index (κ1) is 11.7. The van der Waals surface area contributed by atoms with Crippen LogP contribution >= 0.6 is 0 Å². The van der Waals surface area contributed by atoms with Crippen LogP contribution in [0.15, 0.2) is 24.3 Å². The number of rotatable bonds is 2. The van der Waals surface area contributed by atoms with E-state index in [4.69, 9.17) is 5.26 Å². The Bertz CT molecular complexity index is 449. The Kier molecular flexibility index (Phi) is 3.31. The van der Waals surface area contributed by atoms with Gasteiger partial charge in [-0.25, -0.2) is 0 Å². The highest BCUT2D eigenvalue weighted by Crippen LogP contribution is 2.26. The molecule has 0 radical (unpaired) electrons. The smallest absolute Gasteiger partial charge is 0.0991 e. The molecule has 0 spiro atoms. The molecule has 0 aliphatic carbocycles. The van der Waals surface area contributed by atoms with Crippen molar-refractivity contribution in [2.75, 3.05) is 19.6 Å². The van der Waals surface area contributed by atoms with Gasteiger partial charge in [-0.05, 0) is 43.0 Å². The highest BCUT2D eigenvalue weighted by Gasteiger charge is 2.33. The molecule has 2 aliphatic rings. The van der Waals surface area contributed by atoms with E-state index in [0.29, 0.717) is 6.04 Å². The van der Waals surface area contributed by atoms with E-state index in [-0.39, 0.29) is 0 Å². The first-order chi connectivity index (χ1) is 8.85. The molecule has 2 atom stereocenters. The van der Waals surface area contributed by atoms with Crippen molar-refractivity contribution in [1.29, 1.82) is 5.26 Å². The second-order valence-corrected chi connectivity index (χ2v) is 5.47. The second kappa shape index (κ2) is 5.09. The van der Waals surface area contributed by atoms with Gasteiger partial charge in [0, 0.05) is 25.7 Å². The average Bonchev–Trinajstić information content (AvgIpc) is 2.81. The van der Waals surface area contributed by atoms with Crippen molar-refractivity contribution in [2.45, 2.75) is 25.4 Å². The van der Waals surface area contributed by atoms with Crippen molar-refractivity contribution >= 4 is 0 Å². The summed E-state index contributed by atoms with van der Waals surface area (Å²) in [5.74, 6) is 0.831. The summed E-state index contributed by atoms with van der Waals surface area (Å²) in [4.78, 5) is 2.52. The largest absolute Gasteiger partial charge is 0.312 e. The third-order valence-electron chi connectivity index (χ3n) is 4.14. The van der Waals surface area contributed by atoms with Crippen LogP contribution in [-0.2, 0) is 6.54 Å². The van der Waals surface area contributed by atoms with Crippen LogP contribution in [0.1, 0.15) is 24.0 Å². The molecule has 18 heavy (non-hydrogen) atoms. The van der Waals surface area contributed by atoms with Gasteiger partial charge < -0.3 is 5.32 Å². The summed E-state index contributed by atoms with van der Waals surface area (Å²) < 4.78 is 0. The van der Waals surface area contributed by atoms with Crippen molar-refractivity contribution in [3.63, 3.8) is 0 Å². The molecule has 2 unspecified atom stereocenters. The van der Waals surface area contributed by atoms with Gasteiger partial charge in [-0.1, -0.05) is 12.1 Å². The molecule has 94 valence electrons. The molecule has 3 nitrogen and oxygen atoms in total. The van der Waals surface area contributed by atoms with Gasteiger partial charge in [-0.2, -0.15) is 5.26 Å². The standard InChI is InChI=1S/C15H19N3/c16-8-12-3-1-4-13(7-12)9-18-10-14-5-2-6-17-15(14)11-18/h1,3-4,7,14-15,17H,2,5-6,9-11H2. The predicted octanol–water partition coefficient (Wildman–Crippen LogP) is 1.74. The number of benzene rings is 1. The number of piperidine rings is 1. The van der Waals surface area contributed by atoms with Crippen molar-refractivity contribution in [3.8, 4) is 6.07 Å². The molecule has 3 heteroatoms. The molecule has 2 aliphatic heterocycles. The molecule has 2 heterocycles. The number of likely N-dealkylation sites (tertiary alicyclic amines) is 1. The van der Waals surface area contributed by atoms with E-state index in [1.165, 1.54) is 31.5 Å². The summed E-state index contributed by atoms with van der Waals surface area (Å²) in [6.07, 6.45) is 2.69. The van der Waals surface area contributed by atoms with Crippen LogP contribution in [0.4, 0.5) is 0 Å². The van der Waals surface area contributed by atoms with E-state index in [1.807, 2.05) is 18.2 Å². The SMILES string of the molecule is N#Cc1cccc(CN2CC3CCCNC3C2)c1. The van der Waals surface area contributed by atoms with Gasteiger partial charge in [-0.15, -0.1) is 0 Å². The van der Waals surface area contributed by atoms with Gasteiger partial charge in [-0.3, -0.25) is 4.90 Å². The Morgan fingerprint density at radius 1 is 1.39 bits per heavy atom. The summed E-state index contributed by atoms with van der Waals surface area (Å²) in [6, 6.07) is 10.9. The molecule has 0 aromatic heterocycles. The Morgan fingerprint density at radius 2 is 2.33 bits per heavy atom. The van der Waals surface area contributed by atoms with Gasteiger partial charge in [0.25, 0.3) is 0 Å². The Hall–Kier alpha value is -1.37. The van der Waals surface area contributed by atoms with Gasteiger partial charge in [0.05, 0.1) is 11.6 Å². The van der Waals surface area contributed by atoms with E-state index in [0.717, 1.165) is 24.6 Å². The summed E-state index contributed by atoms with van der Waals surface area (Å²) >= 11 is 0. The number of hydrogen-bond acceptors (Lipinski definition) is 3. The van der Waals surface area contributed by atoms with Crippen molar-refractivity contribution in [1.82, 2.24) is 10.2 Å². The van der Waals surface area contributed by atoms with Crippen LogP contribution in [0.5, 0.6) is 0 Å². The maximum atomic E-state index is 8.92. The molecule has 0 bridgehead atoms. The zero-order valence-corrected chi connectivity index (χ0v) is 10.6. The number of nitrogens with zero attached hydrogens (tertiary/aromatic N) is 2. The molecule has 1 aromatic carbocycles. The first-order valence-electron chi connectivity index (χ1n) is 6.80. The minimum atomic E-state index is 0.692. The first-order valence-corrected chi connectivity index (χ1v) is 6.80. The average molecular weight is 241 g/mol. The Labute approximate surface area is 108 Å². The third-order valence-corrected chi connectivity index (χ3v) is 4.14. The second-order valence-electron chi connectivity index (χ2n) is 5.47. The fourth-order valence-corrected chi connectivity index (χ4v) is 3.26. The maximum absolute atomic E-state index is 8.92. The van der Waals surface area contributed by atoms with E-state index in [2.05, 4.69) is 22.4 Å². The van der Waals surface area contributed by atoms with Crippen molar-refractivity contribution in [2.24, 2.45) is 5.92 Å². The van der Waals surface area contributed by atoms with Crippen molar-refractivity contribution < 1.29 is 0 Å². The molecular weight excluding hydrogens is 222 g/mol. The number of fused-ring (bicyclic) bond motifs is 1. The van der Waals surface area contributed by atoms with Crippen LogP contribution in [-0.4, -0.2) is 30.6 Å².